The number of aryl methyl sites for hydroxylation is 5. The van der Waals surface area contributed by atoms with E-state index in [-0.39, 0.29) is 29.8 Å². The predicted octanol–water partition coefficient (Wildman–Crippen LogP) is 15.8. The normalized spacial score (nSPS) is 11.6. The number of aromatic amines is 2. The van der Waals surface area contributed by atoms with Gasteiger partial charge in [-0.3, -0.25) is 28.8 Å². The minimum atomic E-state index is -0.0687. The summed E-state index contributed by atoms with van der Waals surface area (Å²) >= 11 is 12.6. The molecule has 9 heterocycles. The Hall–Kier alpha value is -12.0. The summed E-state index contributed by atoms with van der Waals surface area (Å²) in [6, 6.07) is 58.2. The molecule has 0 unspecified atom stereocenters. The molecule has 0 spiro atoms. The van der Waals surface area contributed by atoms with E-state index in [1.54, 1.807) is 6.08 Å². The number of piperazine rings is 1. The van der Waals surface area contributed by atoms with Crippen molar-refractivity contribution in [2.45, 2.75) is 93.5 Å². The lowest BCUT2D eigenvalue weighted by atomic mass is 10.1. The molecule has 604 valence electrons. The SMILES string of the molecule is C/C=C/c1cc2c(Cl)nc(-c3ccccc3)nc2n1C.C=CC.CC(=O)NCCN.CC(=O)NCCNc1nc(-c2ccccc2)nc2[nH]c(CCC(=O)N3CCN(Cc4ccccc4)CC3)cc12.CCCc1cc2c(Cl)nc(-c3ccccc3)nc2n1C.CCCc1cc2c(NCCNC(C)=O)nc(-c3ccccc3)nc2[nH]1.F.[3HH]. The van der Waals surface area contributed by atoms with Gasteiger partial charge < -0.3 is 56.3 Å². The predicted molar refractivity (Wildman–Crippen MR) is 468 cm³/mol. The van der Waals surface area contributed by atoms with E-state index in [0.717, 1.165) is 148 Å². The Kier molecular flexibility index (Phi) is 35.1. The van der Waals surface area contributed by atoms with Crippen molar-refractivity contribution >= 4 is 109 Å². The number of halogens is 3. The van der Waals surface area contributed by atoms with Gasteiger partial charge in [0.2, 0.25) is 23.6 Å². The molecule has 0 aliphatic carbocycles. The summed E-state index contributed by atoms with van der Waals surface area (Å²) in [6.07, 6.45) is 11.0. The third kappa shape index (κ3) is 26.0. The Balaban J connectivity index is 0.000000211. The minimum Gasteiger partial charge on any atom is -0.368 e. The highest BCUT2D eigenvalue weighted by Crippen LogP contribution is 2.32. The monoisotopic (exact) mass is 1600 g/mol. The van der Waals surface area contributed by atoms with E-state index in [1.807, 2.05) is 189 Å². The largest absolute Gasteiger partial charge is 0.368 e. The second kappa shape index (κ2) is 45.6. The van der Waals surface area contributed by atoms with Crippen molar-refractivity contribution in [2.75, 3.05) is 76.1 Å². The lowest BCUT2D eigenvalue weighted by Crippen LogP contribution is -2.48. The van der Waals surface area contributed by atoms with E-state index < -0.39 is 0 Å². The smallest absolute Gasteiger partial charge is 0.223 e. The van der Waals surface area contributed by atoms with Gasteiger partial charge in [0.25, 0.3) is 0 Å². The molecule has 27 heteroatoms. The Labute approximate surface area is 683 Å². The number of rotatable bonds is 24. The number of nitrogens with two attached hydrogens (primary N) is 1. The molecule has 1 fully saturated rings. The molecule has 1 aliphatic heterocycles. The Bertz CT molecular complexity index is 5300. The maximum atomic E-state index is 13.0. The van der Waals surface area contributed by atoms with E-state index in [4.69, 9.17) is 43.9 Å². The molecule has 115 heavy (non-hydrogen) atoms. The first-order chi connectivity index (χ1) is 55.3. The third-order valence-corrected chi connectivity index (χ3v) is 18.7. The average molecular weight is 1600 g/mol. The standard InChI is InChI=1S/C30H35N7O2.C19H23N5O.C16H16ClN3.C16H14ClN3.C4H10N2O.C3H6.FH.H2/c1-22(38)31-14-15-32-29-26-20-25(33-30(26)35-28(34-29)24-10-6-3-7-11-24)12-13-27(39)37-18-16-36(17-19-37)21-23-8-4-2-5-9-23;1-3-7-15-12-16-18(21-11-10-20-13(2)25)23-17(24-19(16)22-15)14-8-5-4-6-9-14;2*1-3-7-12-10-13-14(17)18-15(19-16(13)20(12)2)11-8-5-4-6-9-11;1-4(7)6-3-2-5;1-3-2;;/h2-11,20H,12-19,21H2,1H3,(H,31,38)(H2,32,33,34,35);4-6,8-9,12H,3,7,10-11H2,1-2H3,(H,20,25)(H2,21,22,23,24);4-6,8-10H,3,7H2,1-2H3;3-10H,1-2H3;2-3,5H2,1H3,(H,6,7);3H,1H2,2H3;2*1H/b;;;7-3+;;;;/i;;;;;;;1+2. The molecule has 9 N–H and O–H groups in total. The summed E-state index contributed by atoms with van der Waals surface area (Å²) in [6.45, 7) is 23.5. The average Bonchev–Trinajstić information content (AvgIpc) is 1.63. The van der Waals surface area contributed by atoms with Crippen molar-refractivity contribution in [3.63, 3.8) is 0 Å². The zero-order valence-corrected chi connectivity index (χ0v) is 68.5. The van der Waals surface area contributed by atoms with E-state index in [9.17, 15) is 19.2 Å². The molecule has 5 aromatic carbocycles. The number of carbonyl (C=O) groups excluding carboxylic acids is 4. The molecule has 0 atom stereocenters. The van der Waals surface area contributed by atoms with Crippen LogP contribution in [0.25, 0.3) is 95.8 Å². The molecule has 13 aromatic rings. The molecule has 1 aliphatic rings. The van der Waals surface area contributed by atoms with Gasteiger partial charge in [-0.15, -0.1) is 6.58 Å². The molecular formula is C88H107Cl2FN20O4. The van der Waals surface area contributed by atoms with Crippen LogP contribution in [0.1, 0.15) is 97.5 Å². The van der Waals surface area contributed by atoms with Crippen molar-refractivity contribution in [3.05, 3.63) is 233 Å². The summed E-state index contributed by atoms with van der Waals surface area (Å²) in [5.41, 5.74) is 17.9. The second-order valence-electron chi connectivity index (χ2n) is 27.0. The highest BCUT2D eigenvalue weighted by atomic mass is 35.5. The summed E-state index contributed by atoms with van der Waals surface area (Å²) in [4.78, 5) is 93.6. The molecule has 14 rings (SSSR count). The Morgan fingerprint density at radius 1 is 0.504 bits per heavy atom. The quantitative estimate of drug-likeness (QED) is 0.0158. The van der Waals surface area contributed by atoms with Gasteiger partial charge in [0.1, 0.15) is 44.5 Å². The van der Waals surface area contributed by atoms with Crippen molar-refractivity contribution in [1.29, 1.82) is 0 Å². The minimum absolute atomic E-state index is 0. The number of hydrogen-bond acceptors (Lipinski definition) is 16. The van der Waals surface area contributed by atoms with Gasteiger partial charge in [-0.05, 0) is 69.0 Å². The van der Waals surface area contributed by atoms with Crippen molar-refractivity contribution in [2.24, 2.45) is 19.8 Å². The maximum absolute atomic E-state index is 13.0. The fourth-order valence-corrected chi connectivity index (χ4v) is 12.9. The van der Waals surface area contributed by atoms with Gasteiger partial charge in [0.15, 0.2) is 23.3 Å². The number of carbonyl (C=O) groups is 4. The molecule has 4 amide bonds. The third-order valence-electron chi connectivity index (χ3n) is 18.1. The molecule has 24 nitrogen and oxygen atoms in total. The lowest BCUT2D eigenvalue weighted by molar-refractivity contribution is -0.133. The van der Waals surface area contributed by atoms with Gasteiger partial charge in [0, 0.05) is 160 Å². The second-order valence-corrected chi connectivity index (χ2v) is 27.7. The molecule has 1 saturated heterocycles. The number of allylic oxidation sites excluding steroid dienone is 2. The van der Waals surface area contributed by atoms with Gasteiger partial charge in [0.05, 0.1) is 21.5 Å². The summed E-state index contributed by atoms with van der Waals surface area (Å²) in [5, 5.41) is 19.4. The number of fused-ring (bicyclic) bond motifs is 4. The van der Waals surface area contributed by atoms with Gasteiger partial charge >= 0.3 is 0 Å². The number of H-pyrrole nitrogens is 2. The summed E-state index contributed by atoms with van der Waals surface area (Å²) in [7, 11) is 4.02. The van der Waals surface area contributed by atoms with E-state index in [2.05, 4.69) is 128 Å². The zero-order chi connectivity index (χ0) is 81.3. The maximum Gasteiger partial charge on any atom is 0.223 e. The van der Waals surface area contributed by atoms with Crippen LogP contribution in [0, 0.1) is 0 Å². The van der Waals surface area contributed by atoms with Crippen LogP contribution in [0.2, 0.25) is 10.3 Å². The first-order valence-electron chi connectivity index (χ1n) is 38.5. The number of nitrogens with one attached hydrogen (secondary N) is 7. The number of aromatic nitrogens is 12. The van der Waals surface area contributed by atoms with E-state index >= 15 is 0 Å². The van der Waals surface area contributed by atoms with Crippen molar-refractivity contribution in [1.82, 2.24) is 84.7 Å². The Morgan fingerprint density at radius 2 is 0.904 bits per heavy atom. The molecular weight excluding hydrogens is 1490 g/mol. The topological polar surface area (TPSA) is 305 Å². The van der Waals surface area contributed by atoms with Gasteiger partial charge in [-0.25, -0.2) is 39.9 Å². The number of nitrogens with zero attached hydrogens (tertiary/aromatic N) is 12. The van der Waals surface area contributed by atoms with Gasteiger partial charge in [-0.2, -0.15) is 0 Å². The molecule has 0 bridgehead atoms. The number of amides is 4. The van der Waals surface area contributed by atoms with Crippen molar-refractivity contribution < 1.29 is 25.3 Å². The lowest BCUT2D eigenvalue weighted by Gasteiger charge is -2.34. The van der Waals surface area contributed by atoms with Crippen LogP contribution in [0.15, 0.2) is 195 Å². The van der Waals surface area contributed by atoms with Crippen LogP contribution in [-0.2, 0) is 59.1 Å². The summed E-state index contributed by atoms with van der Waals surface area (Å²) in [5.74, 6) is 4.16. The zero-order valence-electron chi connectivity index (χ0n) is 66.9. The van der Waals surface area contributed by atoms with Crippen LogP contribution in [-0.4, -0.2) is 158 Å². The fourth-order valence-electron chi connectivity index (χ4n) is 12.5. The van der Waals surface area contributed by atoms with Crippen LogP contribution < -0.4 is 32.3 Å². The van der Waals surface area contributed by atoms with Gasteiger partial charge in [-0.1, -0.05) is 214 Å². The van der Waals surface area contributed by atoms with E-state index in [1.165, 1.54) is 32.0 Å². The fraction of sp³-hybridized carbons (Fsp3) is 0.295. The van der Waals surface area contributed by atoms with Crippen LogP contribution in [0.5, 0.6) is 0 Å². The number of benzene rings is 5. The number of anilines is 2. The molecule has 8 aromatic heterocycles. The first-order valence-corrected chi connectivity index (χ1v) is 39.3. The van der Waals surface area contributed by atoms with Crippen LogP contribution in [0.3, 0.4) is 0 Å². The van der Waals surface area contributed by atoms with Crippen molar-refractivity contribution in [3.8, 4) is 45.6 Å². The van der Waals surface area contributed by atoms with Crippen LogP contribution >= 0.6 is 23.2 Å². The number of hydrogen-bond donors (Lipinski definition) is 8. The first kappa shape index (κ1) is 88.5. The molecule has 0 radical (unpaired) electrons. The van der Waals surface area contributed by atoms with E-state index in [0.29, 0.717) is 91.5 Å². The molecule has 0 saturated carbocycles. The summed E-state index contributed by atoms with van der Waals surface area (Å²) < 4.78 is 4.13. The highest BCUT2D eigenvalue weighted by Gasteiger charge is 2.23. The highest BCUT2D eigenvalue weighted by molar-refractivity contribution is 6.34. The Morgan fingerprint density at radius 3 is 1.31 bits per heavy atom. The van der Waals surface area contributed by atoms with Crippen LogP contribution in [0.4, 0.5) is 16.3 Å².